The number of nitrogens with zero attached hydrogens (tertiary/aromatic N) is 2. The predicted molar refractivity (Wildman–Crippen MR) is 108 cm³/mol. The Balaban J connectivity index is 1.76. The molecule has 1 atom stereocenters. The van der Waals surface area contributed by atoms with Crippen molar-refractivity contribution < 1.29 is 9.59 Å². The summed E-state index contributed by atoms with van der Waals surface area (Å²) in [5.41, 5.74) is 2.34. The van der Waals surface area contributed by atoms with Crippen molar-refractivity contribution in [2.45, 2.75) is 77.4 Å². The summed E-state index contributed by atoms with van der Waals surface area (Å²) in [5.74, 6) is 0.144. The Kier molecular flexibility index (Phi) is 6.20. The van der Waals surface area contributed by atoms with Gasteiger partial charge >= 0.3 is 0 Å². The molecular formula is C22H33N3O2. The highest BCUT2D eigenvalue weighted by atomic mass is 16.2. The molecule has 1 aliphatic heterocycles. The number of anilines is 1. The Hall–Kier alpha value is -1.88. The van der Waals surface area contributed by atoms with Crippen molar-refractivity contribution in [2.24, 2.45) is 0 Å². The van der Waals surface area contributed by atoms with E-state index >= 15 is 0 Å². The lowest BCUT2D eigenvalue weighted by atomic mass is 9.79. The third-order valence-electron chi connectivity index (χ3n) is 6.34. The molecule has 1 unspecified atom stereocenters. The predicted octanol–water partition coefficient (Wildman–Crippen LogP) is 3.79. The van der Waals surface area contributed by atoms with Crippen molar-refractivity contribution in [1.29, 1.82) is 0 Å². The number of rotatable bonds is 5. The van der Waals surface area contributed by atoms with E-state index in [1.54, 1.807) is 6.92 Å². The molecule has 27 heavy (non-hydrogen) atoms. The third-order valence-corrected chi connectivity index (χ3v) is 6.34. The van der Waals surface area contributed by atoms with Gasteiger partial charge in [0.2, 0.25) is 11.8 Å². The summed E-state index contributed by atoms with van der Waals surface area (Å²) in [6, 6.07) is 8.50. The highest BCUT2D eigenvalue weighted by molar-refractivity contribution is 5.88. The third kappa shape index (κ3) is 4.52. The molecule has 2 fully saturated rings. The number of hydrogen-bond donors (Lipinski definition) is 1. The van der Waals surface area contributed by atoms with Gasteiger partial charge in [-0.2, -0.15) is 0 Å². The lowest BCUT2D eigenvalue weighted by molar-refractivity contribution is -0.130. The lowest BCUT2D eigenvalue weighted by Gasteiger charge is -2.41. The maximum absolute atomic E-state index is 12.1. The van der Waals surface area contributed by atoms with Crippen molar-refractivity contribution in [2.75, 3.05) is 18.4 Å². The fourth-order valence-corrected chi connectivity index (χ4v) is 5.11. The van der Waals surface area contributed by atoms with Crippen LogP contribution in [0, 0.1) is 0 Å². The maximum Gasteiger partial charge on any atom is 0.221 e. The van der Waals surface area contributed by atoms with Gasteiger partial charge in [-0.1, -0.05) is 31.4 Å². The van der Waals surface area contributed by atoms with Gasteiger partial charge in [-0.05, 0) is 43.9 Å². The average Bonchev–Trinajstić information content (AvgIpc) is 2.94. The molecule has 1 saturated carbocycles. The van der Waals surface area contributed by atoms with Crippen molar-refractivity contribution in [3.63, 3.8) is 0 Å². The second kappa shape index (κ2) is 8.42. The molecule has 148 valence electrons. The Morgan fingerprint density at radius 1 is 1.15 bits per heavy atom. The van der Waals surface area contributed by atoms with Crippen LogP contribution in [0.2, 0.25) is 0 Å². The van der Waals surface area contributed by atoms with Gasteiger partial charge in [-0.3, -0.25) is 14.5 Å². The smallest absolute Gasteiger partial charge is 0.221 e. The Morgan fingerprint density at radius 3 is 2.37 bits per heavy atom. The largest absolute Gasteiger partial charge is 0.339 e. The van der Waals surface area contributed by atoms with Crippen molar-refractivity contribution >= 4 is 17.5 Å². The van der Waals surface area contributed by atoms with Gasteiger partial charge in [0.25, 0.3) is 0 Å². The molecule has 1 aliphatic carbocycles. The van der Waals surface area contributed by atoms with Crippen LogP contribution < -0.4 is 5.32 Å². The number of carbonyl (C=O) groups excluding carboxylic acids is 2. The van der Waals surface area contributed by atoms with E-state index in [9.17, 15) is 9.59 Å². The van der Waals surface area contributed by atoms with Crippen molar-refractivity contribution in [3.05, 3.63) is 29.8 Å². The van der Waals surface area contributed by atoms with Crippen LogP contribution in [0.1, 0.15) is 64.9 Å². The SMILES string of the molecule is CCN(C(C)=O)C1CN(Cc2ccc(NC(C)=O)cc2)C2(CCCCC2)C1. The van der Waals surface area contributed by atoms with Crippen LogP contribution in [0.25, 0.3) is 0 Å². The first-order valence-electron chi connectivity index (χ1n) is 10.3. The van der Waals surface area contributed by atoms with E-state index in [-0.39, 0.29) is 17.4 Å². The van der Waals surface area contributed by atoms with E-state index in [1.807, 2.05) is 12.1 Å². The van der Waals surface area contributed by atoms with E-state index in [0.717, 1.165) is 31.7 Å². The summed E-state index contributed by atoms with van der Waals surface area (Å²) in [6.45, 7) is 7.96. The van der Waals surface area contributed by atoms with Gasteiger partial charge in [0.05, 0.1) is 0 Å². The van der Waals surface area contributed by atoms with Gasteiger partial charge in [0.15, 0.2) is 0 Å². The number of benzene rings is 1. The molecule has 0 radical (unpaired) electrons. The standard InChI is InChI=1S/C22H33N3O2/c1-4-25(18(3)27)21-14-22(12-6-5-7-13-22)24(16-21)15-19-8-10-20(11-9-19)23-17(2)26/h8-11,21H,4-7,12-16H2,1-3H3,(H,23,26). The van der Waals surface area contributed by atoms with E-state index in [2.05, 4.69) is 34.2 Å². The van der Waals surface area contributed by atoms with Gasteiger partial charge in [-0.25, -0.2) is 0 Å². The van der Waals surface area contributed by atoms with Crippen LogP contribution in [0.3, 0.4) is 0 Å². The van der Waals surface area contributed by atoms with Crippen LogP contribution in [0.15, 0.2) is 24.3 Å². The van der Waals surface area contributed by atoms with Gasteiger partial charge in [0, 0.05) is 50.7 Å². The quantitative estimate of drug-likeness (QED) is 0.857. The second-order valence-electron chi connectivity index (χ2n) is 8.21. The van der Waals surface area contributed by atoms with Crippen LogP contribution in [0.5, 0.6) is 0 Å². The fraction of sp³-hybridized carbons (Fsp3) is 0.636. The Bertz CT molecular complexity index is 665. The van der Waals surface area contributed by atoms with Gasteiger partial charge < -0.3 is 10.2 Å². The molecule has 2 amide bonds. The first-order chi connectivity index (χ1) is 12.9. The van der Waals surface area contributed by atoms with Crippen LogP contribution in [0.4, 0.5) is 5.69 Å². The summed E-state index contributed by atoms with van der Waals surface area (Å²) in [7, 11) is 0. The summed E-state index contributed by atoms with van der Waals surface area (Å²) in [6.07, 6.45) is 7.49. The molecule has 1 heterocycles. The zero-order valence-electron chi connectivity index (χ0n) is 17.0. The number of nitrogens with one attached hydrogen (secondary N) is 1. The summed E-state index contributed by atoms with van der Waals surface area (Å²) >= 11 is 0. The maximum atomic E-state index is 12.1. The number of likely N-dealkylation sites (tertiary alicyclic amines) is 1. The van der Waals surface area contributed by atoms with E-state index < -0.39 is 0 Å². The zero-order valence-corrected chi connectivity index (χ0v) is 17.0. The number of hydrogen-bond acceptors (Lipinski definition) is 3. The highest BCUT2D eigenvalue weighted by Gasteiger charge is 2.47. The Morgan fingerprint density at radius 2 is 1.81 bits per heavy atom. The summed E-state index contributed by atoms with van der Waals surface area (Å²) in [5, 5.41) is 2.83. The lowest BCUT2D eigenvalue weighted by Crippen LogP contribution is -2.44. The molecule has 3 rings (SSSR count). The summed E-state index contributed by atoms with van der Waals surface area (Å²) < 4.78 is 0. The molecule has 5 nitrogen and oxygen atoms in total. The molecule has 5 heteroatoms. The average molecular weight is 372 g/mol. The number of amides is 2. The summed E-state index contributed by atoms with van der Waals surface area (Å²) in [4.78, 5) is 28.0. The molecule has 1 saturated heterocycles. The minimum atomic E-state index is -0.0461. The topological polar surface area (TPSA) is 52.7 Å². The molecule has 1 aromatic carbocycles. The number of carbonyl (C=O) groups is 2. The first-order valence-corrected chi connectivity index (χ1v) is 10.3. The Labute approximate surface area is 163 Å². The van der Waals surface area contributed by atoms with Crippen LogP contribution in [-0.2, 0) is 16.1 Å². The fourth-order valence-electron chi connectivity index (χ4n) is 5.11. The number of likely N-dealkylation sites (N-methyl/N-ethyl adjacent to an activating group) is 1. The van der Waals surface area contributed by atoms with Gasteiger partial charge in [-0.15, -0.1) is 0 Å². The molecule has 0 bridgehead atoms. The first kappa shape index (κ1) is 19.9. The van der Waals surface area contributed by atoms with E-state index in [4.69, 9.17) is 0 Å². The molecular weight excluding hydrogens is 338 g/mol. The molecule has 2 aliphatic rings. The molecule has 1 spiro atoms. The van der Waals surface area contributed by atoms with Crippen LogP contribution in [-0.4, -0.2) is 46.3 Å². The molecule has 0 aromatic heterocycles. The zero-order chi connectivity index (χ0) is 19.4. The van der Waals surface area contributed by atoms with Crippen LogP contribution >= 0.6 is 0 Å². The molecule has 1 aromatic rings. The van der Waals surface area contributed by atoms with Gasteiger partial charge in [0.1, 0.15) is 0 Å². The van der Waals surface area contributed by atoms with E-state index in [1.165, 1.54) is 44.6 Å². The highest BCUT2D eigenvalue weighted by Crippen LogP contribution is 2.43. The monoisotopic (exact) mass is 371 g/mol. The van der Waals surface area contributed by atoms with Crippen molar-refractivity contribution in [3.8, 4) is 0 Å². The van der Waals surface area contributed by atoms with E-state index in [0.29, 0.717) is 6.04 Å². The molecule has 1 N–H and O–H groups in total. The minimum absolute atomic E-state index is 0.0461. The normalized spacial score (nSPS) is 22.0. The van der Waals surface area contributed by atoms with Crippen molar-refractivity contribution in [1.82, 2.24) is 9.80 Å². The minimum Gasteiger partial charge on any atom is -0.339 e. The second-order valence-corrected chi connectivity index (χ2v) is 8.21.